The molecule has 0 saturated carbocycles. The Morgan fingerprint density at radius 1 is 1.33 bits per heavy atom. The van der Waals surface area contributed by atoms with Gasteiger partial charge in [-0.3, -0.25) is 0 Å². The van der Waals surface area contributed by atoms with Gasteiger partial charge >= 0.3 is 5.97 Å². The molecule has 0 aromatic carbocycles. The molecule has 0 aromatic rings. The van der Waals surface area contributed by atoms with Crippen molar-refractivity contribution in [1.82, 2.24) is 0 Å². The number of aliphatic hydroxyl groups excluding tert-OH is 1. The quantitative estimate of drug-likeness (QED) is 0.228. The van der Waals surface area contributed by atoms with E-state index in [1.54, 1.807) is 0 Å². The minimum atomic E-state index is -3.07. The molecule has 5 nitrogen and oxygen atoms in total. The molecule has 0 spiro atoms. The fourth-order valence-electron chi connectivity index (χ4n) is 0.280. The first-order valence-corrected chi connectivity index (χ1v) is 2.34. The fourth-order valence-corrected chi connectivity index (χ4v) is 0.280. The first-order chi connectivity index (χ1) is 3.98. The summed E-state index contributed by atoms with van der Waals surface area (Å²) in [5.41, 5.74) is -0.718. The van der Waals surface area contributed by atoms with Gasteiger partial charge in [-0.15, -0.1) is 0 Å². The zero-order valence-corrected chi connectivity index (χ0v) is 4.70. The molecule has 54 valence electrons. The third kappa shape index (κ3) is 3.15. The summed E-state index contributed by atoms with van der Waals surface area (Å²) in [6.45, 7) is -0.387. The highest BCUT2D eigenvalue weighted by Crippen LogP contribution is 1.97. The van der Waals surface area contributed by atoms with E-state index in [9.17, 15) is 0 Å². The summed E-state index contributed by atoms with van der Waals surface area (Å²) in [6, 6.07) is 0. The second-order valence-corrected chi connectivity index (χ2v) is 1.59. The molecular weight excluding hydrogens is 126 g/mol. The van der Waals surface area contributed by atoms with Crippen molar-refractivity contribution >= 4 is 5.71 Å². The SMILES string of the molecule is N=C(CCO)C(O)(O)O. The average Bonchev–Trinajstić information content (AvgIpc) is 1.64. The van der Waals surface area contributed by atoms with Crippen LogP contribution in [0.5, 0.6) is 0 Å². The lowest BCUT2D eigenvalue weighted by Crippen LogP contribution is -2.37. The highest BCUT2D eigenvalue weighted by Gasteiger charge is 2.24. The minimum absolute atomic E-state index is 0.247. The first-order valence-electron chi connectivity index (χ1n) is 2.34. The molecule has 0 saturated heterocycles. The zero-order chi connectivity index (χ0) is 7.49. The van der Waals surface area contributed by atoms with Gasteiger partial charge < -0.3 is 25.8 Å². The lowest BCUT2D eigenvalue weighted by molar-refractivity contribution is -0.257. The summed E-state index contributed by atoms with van der Waals surface area (Å²) in [6.07, 6.45) is -0.247. The zero-order valence-electron chi connectivity index (χ0n) is 4.70. The summed E-state index contributed by atoms with van der Waals surface area (Å²) in [4.78, 5) is 0. The van der Waals surface area contributed by atoms with Gasteiger partial charge in [0, 0.05) is 13.0 Å². The van der Waals surface area contributed by atoms with Crippen LogP contribution < -0.4 is 0 Å². The molecule has 0 aromatic heterocycles. The van der Waals surface area contributed by atoms with Crippen LogP contribution >= 0.6 is 0 Å². The van der Waals surface area contributed by atoms with Crippen molar-refractivity contribution in [1.29, 1.82) is 5.41 Å². The lowest BCUT2D eigenvalue weighted by atomic mass is 10.2. The predicted octanol–water partition coefficient (Wildman–Crippen LogP) is -1.98. The molecule has 0 aliphatic heterocycles. The summed E-state index contributed by atoms with van der Waals surface area (Å²) in [7, 11) is 0. The molecule has 0 heterocycles. The Hall–Kier alpha value is -0.490. The van der Waals surface area contributed by atoms with Crippen LogP contribution in [0.15, 0.2) is 0 Å². The molecule has 0 atom stereocenters. The molecule has 0 radical (unpaired) electrons. The number of hydrogen-bond acceptors (Lipinski definition) is 5. The highest BCUT2D eigenvalue weighted by atomic mass is 16.7. The van der Waals surface area contributed by atoms with Gasteiger partial charge in [-0.1, -0.05) is 0 Å². The standard InChI is InChI=1S/C4H9NO4/c5-3(1-2-6)4(7,8)9/h5-9H,1-2H2. The lowest BCUT2D eigenvalue weighted by Gasteiger charge is -2.13. The fraction of sp³-hybridized carbons (Fsp3) is 0.750. The Morgan fingerprint density at radius 2 is 1.78 bits per heavy atom. The highest BCUT2D eigenvalue weighted by molar-refractivity contribution is 5.86. The molecule has 0 aliphatic carbocycles. The van der Waals surface area contributed by atoms with Crippen LogP contribution in [0.3, 0.4) is 0 Å². The van der Waals surface area contributed by atoms with E-state index in [4.69, 9.17) is 25.8 Å². The third-order valence-electron chi connectivity index (χ3n) is 0.767. The number of hydrogen-bond donors (Lipinski definition) is 5. The van der Waals surface area contributed by atoms with Crippen molar-refractivity contribution < 1.29 is 20.4 Å². The Labute approximate surface area is 51.7 Å². The van der Waals surface area contributed by atoms with Gasteiger partial charge in [-0.05, 0) is 0 Å². The van der Waals surface area contributed by atoms with E-state index < -0.39 is 11.7 Å². The summed E-state index contributed by atoms with van der Waals surface area (Å²) < 4.78 is 0. The van der Waals surface area contributed by atoms with Crippen molar-refractivity contribution in [2.75, 3.05) is 6.61 Å². The maximum absolute atomic E-state index is 8.19. The van der Waals surface area contributed by atoms with Crippen molar-refractivity contribution in [3.63, 3.8) is 0 Å². The largest absolute Gasteiger partial charge is 0.396 e. The topological polar surface area (TPSA) is 105 Å². The van der Waals surface area contributed by atoms with Gasteiger partial charge in [0.25, 0.3) is 0 Å². The molecule has 5 heteroatoms. The number of aliphatic hydroxyl groups is 4. The Morgan fingerprint density at radius 3 is 1.89 bits per heavy atom. The third-order valence-corrected chi connectivity index (χ3v) is 0.767. The second kappa shape index (κ2) is 2.88. The van der Waals surface area contributed by atoms with Crippen LogP contribution in [0.4, 0.5) is 0 Å². The van der Waals surface area contributed by atoms with Gasteiger partial charge in [-0.25, -0.2) is 0 Å². The summed E-state index contributed by atoms with van der Waals surface area (Å²) in [5, 5.41) is 39.3. The van der Waals surface area contributed by atoms with E-state index in [1.165, 1.54) is 0 Å². The molecular formula is C4H9NO4. The Kier molecular flexibility index (Phi) is 2.72. The first kappa shape index (κ1) is 8.51. The van der Waals surface area contributed by atoms with Crippen LogP contribution in [-0.4, -0.2) is 38.7 Å². The van der Waals surface area contributed by atoms with E-state index in [2.05, 4.69) is 0 Å². The van der Waals surface area contributed by atoms with Gasteiger partial charge in [0.05, 0.1) is 5.71 Å². The monoisotopic (exact) mass is 135 g/mol. The average molecular weight is 135 g/mol. The minimum Gasteiger partial charge on any atom is -0.396 e. The molecule has 0 amide bonds. The van der Waals surface area contributed by atoms with Crippen molar-refractivity contribution in [3.8, 4) is 0 Å². The van der Waals surface area contributed by atoms with Crippen LogP contribution in [0.2, 0.25) is 0 Å². The second-order valence-electron chi connectivity index (χ2n) is 1.59. The molecule has 5 N–H and O–H groups in total. The summed E-state index contributed by atoms with van der Waals surface area (Å²) in [5.74, 6) is -3.07. The van der Waals surface area contributed by atoms with Crippen LogP contribution in [0, 0.1) is 5.41 Å². The van der Waals surface area contributed by atoms with Crippen molar-refractivity contribution in [3.05, 3.63) is 0 Å². The molecule has 0 rings (SSSR count). The predicted molar refractivity (Wildman–Crippen MR) is 28.8 cm³/mol. The van der Waals surface area contributed by atoms with E-state index in [0.717, 1.165) is 0 Å². The molecule has 0 fully saturated rings. The molecule has 9 heavy (non-hydrogen) atoms. The van der Waals surface area contributed by atoms with E-state index >= 15 is 0 Å². The number of nitrogens with one attached hydrogen (secondary N) is 1. The molecule has 0 bridgehead atoms. The molecule has 0 unspecified atom stereocenters. The smallest absolute Gasteiger partial charge is 0.317 e. The van der Waals surface area contributed by atoms with Crippen molar-refractivity contribution in [2.24, 2.45) is 0 Å². The van der Waals surface area contributed by atoms with Gasteiger partial charge in [0.15, 0.2) is 0 Å². The normalized spacial score (nSPS) is 11.6. The summed E-state index contributed by atoms with van der Waals surface area (Å²) >= 11 is 0. The number of rotatable bonds is 3. The Bertz CT molecular complexity index is 106. The van der Waals surface area contributed by atoms with E-state index in [-0.39, 0.29) is 13.0 Å². The van der Waals surface area contributed by atoms with Gasteiger partial charge in [0.1, 0.15) is 0 Å². The maximum Gasteiger partial charge on any atom is 0.317 e. The van der Waals surface area contributed by atoms with Crippen molar-refractivity contribution in [2.45, 2.75) is 12.4 Å². The van der Waals surface area contributed by atoms with Crippen LogP contribution in [0.25, 0.3) is 0 Å². The van der Waals surface area contributed by atoms with Gasteiger partial charge in [0.2, 0.25) is 0 Å². The molecule has 0 aliphatic rings. The maximum atomic E-state index is 8.19. The van der Waals surface area contributed by atoms with Crippen LogP contribution in [-0.2, 0) is 0 Å². The van der Waals surface area contributed by atoms with Crippen LogP contribution in [0.1, 0.15) is 6.42 Å². The Balaban J connectivity index is 3.74. The van der Waals surface area contributed by atoms with Gasteiger partial charge in [-0.2, -0.15) is 0 Å². The van der Waals surface area contributed by atoms with E-state index in [0.29, 0.717) is 0 Å². The van der Waals surface area contributed by atoms with E-state index in [1.807, 2.05) is 0 Å².